The van der Waals surface area contributed by atoms with Gasteiger partial charge in [0, 0.05) is 6.42 Å². The van der Waals surface area contributed by atoms with Crippen LogP contribution in [-0.4, -0.2) is 19.9 Å². The zero-order valence-electron chi connectivity index (χ0n) is 6.22. The fourth-order valence-corrected chi connectivity index (χ4v) is 1.08. The van der Waals surface area contributed by atoms with Gasteiger partial charge in [-0.3, -0.25) is 0 Å². The maximum Gasteiger partial charge on any atom is 0.212 e. The van der Waals surface area contributed by atoms with Crippen LogP contribution in [-0.2, 0) is 9.57 Å². The van der Waals surface area contributed by atoms with Gasteiger partial charge in [-0.15, -0.1) is 0 Å². The van der Waals surface area contributed by atoms with Crippen LogP contribution in [0.1, 0.15) is 19.3 Å². The Morgan fingerprint density at radius 3 is 2.90 bits per heavy atom. The summed E-state index contributed by atoms with van der Waals surface area (Å²) >= 11 is 0. The Kier molecular flexibility index (Phi) is 3.08. The second-order valence-corrected chi connectivity index (χ2v) is 2.42. The molecular formula is C6H14N2O2. The summed E-state index contributed by atoms with van der Waals surface area (Å²) in [7, 11) is 1.51. The summed E-state index contributed by atoms with van der Waals surface area (Å²) in [5.74, 6) is 7.28. The molecule has 0 saturated carbocycles. The van der Waals surface area contributed by atoms with Crippen LogP contribution in [0.4, 0.5) is 0 Å². The molecule has 1 aliphatic rings. The molecule has 1 aliphatic heterocycles. The molecule has 2 unspecified atom stereocenters. The highest BCUT2D eigenvalue weighted by Crippen LogP contribution is 2.07. The molecule has 0 aliphatic carbocycles. The van der Waals surface area contributed by atoms with Crippen LogP contribution in [0.3, 0.4) is 0 Å². The molecule has 0 aromatic carbocycles. The number of hydrogen-bond donors (Lipinski definition) is 1. The quantitative estimate of drug-likeness (QED) is 0.554. The van der Waals surface area contributed by atoms with Crippen LogP contribution in [0.5, 0.6) is 0 Å². The third-order valence-electron chi connectivity index (χ3n) is 1.69. The topological polar surface area (TPSA) is 46.7 Å². The van der Waals surface area contributed by atoms with Crippen LogP contribution in [0, 0.1) is 0 Å². The largest absolute Gasteiger partial charge is 0.432 e. The molecule has 4 nitrogen and oxygen atoms in total. The second-order valence-electron chi connectivity index (χ2n) is 2.42. The van der Waals surface area contributed by atoms with Gasteiger partial charge < -0.3 is 10.6 Å². The first-order chi connectivity index (χ1) is 4.84. The van der Waals surface area contributed by atoms with Crippen LogP contribution in [0.15, 0.2) is 0 Å². The number of hydroxylamine groups is 1. The minimum absolute atomic E-state index is 0.0706. The average Bonchev–Trinajstić information content (AvgIpc) is 2.05. The van der Waals surface area contributed by atoms with Gasteiger partial charge in [-0.1, -0.05) is 0 Å². The Morgan fingerprint density at radius 1 is 1.60 bits per heavy atom. The van der Waals surface area contributed by atoms with E-state index in [0.717, 1.165) is 25.9 Å². The van der Waals surface area contributed by atoms with Gasteiger partial charge in [0.1, 0.15) is 0 Å². The van der Waals surface area contributed by atoms with Crippen molar-refractivity contribution in [2.75, 3.05) is 13.7 Å². The summed E-state index contributed by atoms with van der Waals surface area (Å²) in [6, 6.07) is 0. The Balaban J connectivity index is 2.24. The number of rotatable bonds is 2. The minimum Gasteiger partial charge on any atom is -0.432 e. The van der Waals surface area contributed by atoms with Gasteiger partial charge in [0.05, 0.1) is 13.7 Å². The summed E-state index contributed by atoms with van der Waals surface area (Å²) in [6.45, 7) is 0.774. The van der Waals surface area contributed by atoms with E-state index in [1.807, 2.05) is 0 Å². The fourth-order valence-electron chi connectivity index (χ4n) is 1.08. The van der Waals surface area contributed by atoms with E-state index in [1.165, 1.54) is 7.11 Å². The molecule has 10 heavy (non-hydrogen) atoms. The van der Waals surface area contributed by atoms with Gasteiger partial charge in [0.15, 0.2) is 0 Å². The molecule has 0 aromatic rings. The van der Waals surface area contributed by atoms with Crippen molar-refractivity contribution in [2.45, 2.75) is 25.5 Å². The number of quaternary nitrogens is 1. The van der Waals surface area contributed by atoms with E-state index in [4.69, 9.17) is 15.4 Å². The van der Waals surface area contributed by atoms with Gasteiger partial charge >= 0.3 is 0 Å². The zero-order valence-corrected chi connectivity index (χ0v) is 6.22. The highest BCUT2D eigenvalue weighted by molar-refractivity contribution is 4.51. The molecule has 1 rings (SSSR count). The molecule has 4 heteroatoms. The minimum atomic E-state index is -0.0706. The molecule has 0 bridgehead atoms. The lowest BCUT2D eigenvalue weighted by Crippen LogP contribution is -3.09. The van der Waals surface area contributed by atoms with Crippen molar-refractivity contribution in [2.24, 2.45) is 0 Å². The molecule has 1 heterocycles. The van der Waals surface area contributed by atoms with Crippen molar-refractivity contribution in [3.8, 4) is 0 Å². The summed E-state index contributed by atoms with van der Waals surface area (Å²) in [4.78, 5) is 4.75. The van der Waals surface area contributed by atoms with Crippen LogP contribution in [0.25, 0.3) is 5.84 Å². The SMILES string of the molecule is CO[NH+]([NH-])C1CCCCO1. The van der Waals surface area contributed by atoms with E-state index in [-0.39, 0.29) is 11.4 Å². The predicted octanol–water partition coefficient (Wildman–Crippen LogP) is -0.0735. The maximum atomic E-state index is 7.28. The monoisotopic (exact) mass is 146 g/mol. The summed E-state index contributed by atoms with van der Waals surface area (Å²) < 4.78 is 5.28. The fraction of sp³-hybridized carbons (Fsp3) is 1.00. The van der Waals surface area contributed by atoms with E-state index in [2.05, 4.69) is 0 Å². The number of hydrogen-bond acceptors (Lipinski definition) is 2. The second kappa shape index (κ2) is 3.88. The summed E-state index contributed by atoms with van der Waals surface area (Å²) in [5, 5.41) is 0.264. The van der Waals surface area contributed by atoms with Crippen molar-refractivity contribution < 1.29 is 14.7 Å². The molecule has 2 N–H and O–H groups in total. The number of nitrogens with one attached hydrogen (secondary N) is 2. The molecule has 0 radical (unpaired) electrons. The molecular weight excluding hydrogens is 132 g/mol. The molecule has 0 spiro atoms. The summed E-state index contributed by atoms with van der Waals surface area (Å²) in [6.07, 6.45) is 3.13. The van der Waals surface area contributed by atoms with Crippen molar-refractivity contribution in [1.29, 1.82) is 0 Å². The van der Waals surface area contributed by atoms with Gasteiger partial charge in [0.2, 0.25) is 6.23 Å². The Morgan fingerprint density at radius 2 is 2.40 bits per heavy atom. The molecule has 2 atom stereocenters. The summed E-state index contributed by atoms with van der Waals surface area (Å²) in [5.41, 5.74) is 0. The van der Waals surface area contributed by atoms with E-state index in [0.29, 0.717) is 0 Å². The van der Waals surface area contributed by atoms with Gasteiger partial charge in [-0.25, -0.2) is 10.0 Å². The lowest BCUT2D eigenvalue weighted by atomic mass is 10.2. The Bertz CT molecular complexity index is 93.7. The highest BCUT2D eigenvalue weighted by Gasteiger charge is 2.19. The third kappa shape index (κ3) is 1.91. The van der Waals surface area contributed by atoms with Crippen molar-refractivity contribution in [3.63, 3.8) is 0 Å². The highest BCUT2D eigenvalue weighted by atomic mass is 16.7. The first-order valence-electron chi connectivity index (χ1n) is 3.58. The third-order valence-corrected chi connectivity index (χ3v) is 1.69. The smallest absolute Gasteiger partial charge is 0.212 e. The lowest BCUT2D eigenvalue weighted by molar-refractivity contribution is -1.08. The van der Waals surface area contributed by atoms with Crippen molar-refractivity contribution >= 4 is 0 Å². The zero-order chi connectivity index (χ0) is 7.40. The van der Waals surface area contributed by atoms with Crippen molar-refractivity contribution in [1.82, 2.24) is 0 Å². The normalized spacial score (nSPS) is 30.0. The standard InChI is InChI=1S/C6H14N2O2/c1-9-8(7)6-4-2-3-5-10-6/h6-8H,2-5H2,1H3. The van der Waals surface area contributed by atoms with Crippen LogP contribution in [0.2, 0.25) is 0 Å². The average molecular weight is 146 g/mol. The lowest BCUT2D eigenvalue weighted by Gasteiger charge is -2.29. The first-order valence-corrected chi connectivity index (χ1v) is 3.58. The van der Waals surface area contributed by atoms with E-state index in [1.54, 1.807) is 0 Å². The van der Waals surface area contributed by atoms with Gasteiger partial charge in [-0.05, 0) is 12.8 Å². The van der Waals surface area contributed by atoms with Crippen molar-refractivity contribution in [3.05, 3.63) is 5.84 Å². The van der Waals surface area contributed by atoms with Gasteiger partial charge in [-0.2, -0.15) is 0 Å². The molecule has 0 amide bonds. The predicted molar refractivity (Wildman–Crippen MR) is 35.9 cm³/mol. The maximum absolute atomic E-state index is 7.28. The van der Waals surface area contributed by atoms with E-state index < -0.39 is 0 Å². The molecule has 1 fully saturated rings. The van der Waals surface area contributed by atoms with Crippen LogP contribution < -0.4 is 5.17 Å². The van der Waals surface area contributed by atoms with Crippen LogP contribution >= 0.6 is 0 Å². The number of ether oxygens (including phenoxy) is 1. The van der Waals surface area contributed by atoms with Gasteiger partial charge in [0.25, 0.3) is 0 Å². The molecule has 60 valence electrons. The van der Waals surface area contributed by atoms with E-state index in [9.17, 15) is 0 Å². The Labute approximate surface area is 60.8 Å². The first kappa shape index (κ1) is 7.94. The molecule has 0 aromatic heterocycles. The molecule has 1 saturated heterocycles. The Hall–Kier alpha value is -0.160. The van der Waals surface area contributed by atoms with E-state index >= 15 is 0 Å².